The van der Waals surface area contributed by atoms with Crippen LogP contribution in [0.1, 0.15) is 34.7 Å². The van der Waals surface area contributed by atoms with Gasteiger partial charge in [-0.15, -0.1) is 11.3 Å². The van der Waals surface area contributed by atoms with E-state index in [1.165, 1.54) is 40.5 Å². The second-order valence-electron chi connectivity index (χ2n) is 7.61. The van der Waals surface area contributed by atoms with Crippen molar-refractivity contribution in [3.05, 3.63) is 85.9 Å². The van der Waals surface area contributed by atoms with Crippen LogP contribution in [0.15, 0.2) is 54.1 Å². The van der Waals surface area contributed by atoms with Crippen molar-refractivity contribution in [3.63, 3.8) is 0 Å². The van der Waals surface area contributed by atoms with Gasteiger partial charge in [0.25, 0.3) is 11.5 Å². The van der Waals surface area contributed by atoms with Crippen molar-refractivity contribution in [1.82, 2.24) is 4.98 Å². The van der Waals surface area contributed by atoms with Crippen molar-refractivity contribution >= 4 is 39.6 Å². The van der Waals surface area contributed by atoms with E-state index in [1.807, 2.05) is 13.8 Å². The number of aliphatic hydroxyl groups excluding tert-OH is 1. The first-order valence-corrected chi connectivity index (χ1v) is 11.3. The first kappa shape index (κ1) is 23.1. The first-order valence-electron chi connectivity index (χ1n) is 10.5. The number of benzene rings is 2. The molecule has 1 saturated heterocycles. The van der Waals surface area contributed by atoms with Crippen LogP contribution in [0.3, 0.4) is 0 Å². The van der Waals surface area contributed by atoms with E-state index in [0.717, 1.165) is 10.6 Å². The number of amides is 1. The molecule has 1 N–H and O–H groups in total. The Kier molecular flexibility index (Phi) is 6.16. The molecule has 34 heavy (non-hydrogen) atoms. The van der Waals surface area contributed by atoms with Crippen molar-refractivity contribution < 1.29 is 24.4 Å². The highest BCUT2D eigenvalue weighted by molar-refractivity contribution is 7.16. The molecule has 0 unspecified atom stereocenters. The fourth-order valence-electron chi connectivity index (χ4n) is 3.71. The summed E-state index contributed by atoms with van der Waals surface area (Å²) in [5, 5.41) is 22.6. The van der Waals surface area contributed by atoms with E-state index < -0.39 is 22.7 Å². The van der Waals surface area contributed by atoms with Crippen LogP contribution in [-0.2, 0) is 9.59 Å². The van der Waals surface area contributed by atoms with Gasteiger partial charge in [-0.25, -0.2) is 4.98 Å². The zero-order chi connectivity index (χ0) is 24.6. The number of ketones is 1. The maximum Gasteiger partial charge on any atom is 0.301 e. The number of aliphatic hydroxyl groups is 1. The zero-order valence-electron chi connectivity index (χ0n) is 18.6. The van der Waals surface area contributed by atoms with Crippen molar-refractivity contribution in [2.75, 3.05) is 11.5 Å². The van der Waals surface area contributed by atoms with Crippen LogP contribution in [0.4, 0.5) is 10.8 Å². The number of nitro benzene ring substituents is 1. The third kappa shape index (κ3) is 4.03. The molecule has 0 aliphatic carbocycles. The molecule has 1 amide bonds. The number of non-ortho nitro benzene ring substituents is 1. The molecule has 1 fully saturated rings. The third-order valence-electron chi connectivity index (χ3n) is 5.53. The fraction of sp³-hybridized carbons (Fsp3) is 0.208. The fourth-order valence-corrected chi connectivity index (χ4v) is 4.65. The lowest BCUT2D eigenvalue weighted by atomic mass is 9.95. The van der Waals surface area contributed by atoms with Crippen molar-refractivity contribution in [1.29, 1.82) is 0 Å². The zero-order valence-corrected chi connectivity index (χ0v) is 19.5. The summed E-state index contributed by atoms with van der Waals surface area (Å²) >= 11 is 1.25. The number of nitro groups is 1. The second-order valence-corrected chi connectivity index (χ2v) is 8.79. The van der Waals surface area contributed by atoms with Gasteiger partial charge in [-0.05, 0) is 62.7 Å². The van der Waals surface area contributed by atoms with E-state index in [4.69, 9.17) is 4.74 Å². The Morgan fingerprint density at radius 1 is 1.15 bits per heavy atom. The van der Waals surface area contributed by atoms with Gasteiger partial charge in [-0.3, -0.25) is 24.6 Å². The van der Waals surface area contributed by atoms with Crippen LogP contribution in [0, 0.1) is 24.0 Å². The molecular formula is C24H21N3O6S. The number of thiazole rings is 1. The lowest BCUT2D eigenvalue weighted by molar-refractivity contribution is -0.384. The van der Waals surface area contributed by atoms with Gasteiger partial charge in [0.2, 0.25) is 0 Å². The van der Waals surface area contributed by atoms with Crippen LogP contribution in [0.25, 0.3) is 5.76 Å². The second kappa shape index (κ2) is 9.06. The number of hydrogen-bond donors (Lipinski definition) is 1. The molecular weight excluding hydrogens is 458 g/mol. The van der Waals surface area contributed by atoms with E-state index in [1.54, 1.807) is 31.2 Å². The van der Waals surface area contributed by atoms with Crippen molar-refractivity contribution in [3.8, 4) is 5.75 Å². The Morgan fingerprint density at radius 3 is 2.32 bits per heavy atom. The molecule has 10 heteroatoms. The summed E-state index contributed by atoms with van der Waals surface area (Å²) in [4.78, 5) is 43.4. The predicted molar refractivity (Wildman–Crippen MR) is 127 cm³/mol. The molecule has 1 aliphatic heterocycles. The van der Waals surface area contributed by atoms with E-state index in [-0.39, 0.29) is 17.0 Å². The predicted octanol–water partition coefficient (Wildman–Crippen LogP) is 4.69. The normalized spacial score (nSPS) is 17.3. The smallest absolute Gasteiger partial charge is 0.301 e. The number of anilines is 1. The molecule has 0 bridgehead atoms. The molecule has 9 nitrogen and oxygen atoms in total. The molecule has 174 valence electrons. The number of aryl methyl sites for hydroxylation is 2. The Bertz CT molecular complexity index is 1290. The number of rotatable bonds is 6. The van der Waals surface area contributed by atoms with Crippen molar-refractivity contribution in [2.24, 2.45) is 0 Å². The lowest BCUT2D eigenvalue weighted by Crippen LogP contribution is -2.29. The summed E-state index contributed by atoms with van der Waals surface area (Å²) in [7, 11) is 0. The highest BCUT2D eigenvalue weighted by Gasteiger charge is 2.48. The number of aromatic nitrogens is 1. The monoisotopic (exact) mass is 479 g/mol. The SMILES string of the molecule is CCOc1ccc(/C(O)=C2\C(=O)C(=O)N(c3nc(C)c(C)s3)[C@H]2c2ccc([N+](=O)[O-])cc2)cc1. The summed E-state index contributed by atoms with van der Waals surface area (Å²) in [5.74, 6) is -1.44. The van der Waals surface area contributed by atoms with E-state index >= 15 is 0 Å². The molecule has 2 heterocycles. The lowest BCUT2D eigenvalue weighted by Gasteiger charge is -2.23. The molecule has 1 atom stereocenters. The molecule has 4 rings (SSSR count). The minimum absolute atomic E-state index is 0.117. The number of ether oxygens (including phenoxy) is 1. The van der Waals surface area contributed by atoms with Gasteiger partial charge in [-0.2, -0.15) is 0 Å². The minimum Gasteiger partial charge on any atom is -0.507 e. The Morgan fingerprint density at radius 2 is 1.79 bits per heavy atom. The highest BCUT2D eigenvalue weighted by atomic mass is 32.1. The van der Waals surface area contributed by atoms with Gasteiger partial charge in [0, 0.05) is 22.6 Å². The maximum atomic E-state index is 13.2. The largest absolute Gasteiger partial charge is 0.507 e. The van der Waals surface area contributed by atoms with Gasteiger partial charge >= 0.3 is 5.91 Å². The van der Waals surface area contributed by atoms with Gasteiger partial charge in [-0.1, -0.05) is 0 Å². The summed E-state index contributed by atoms with van der Waals surface area (Å²) < 4.78 is 5.42. The Hall–Kier alpha value is -4.05. The van der Waals surface area contributed by atoms with Crippen LogP contribution in [0.2, 0.25) is 0 Å². The Labute approximate surface area is 199 Å². The van der Waals surface area contributed by atoms with Gasteiger partial charge in [0.15, 0.2) is 5.13 Å². The average molecular weight is 480 g/mol. The topological polar surface area (TPSA) is 123 Å². The van der Waals surface area contributed by atoms with Crippen LogP contribution in [-0.4, -0.2) is 33.3 Å². The van der Waals surface area contributed by atoms with Gasteiger partial charge in [0.1, 0.15) is 11.5 Å². The molecule has 1 aliphatic rings. The molecule has 0 spiro atoms. The number of carbonyl (C=O) groups excluding carboxylic acids is 2. The summed E-state index contributed by atoms with van der Waals surface area (Å²) in [5.41, 5.74) is 1.24. The quantitative estimate of drug-likeness (QED) is 0.179. The van der Waals surface area contributed by atoms with Crippen molar-refractivity contribution in [2.45, 2.75) is 26.8 Å². The summed E-state index contributed by atoms with van der Waals surface area (Å²) in [6.45, 7) is 5.98. The first-order chi connectivity index (χ1) is 16.2. The van der Waals surface area contributed by atoms with Gasteiger partial charge < -0.3 is 9.84 Å². The van der Waals surface area contributed by atoms with Gasteiger partial charge in [0.05, 0.1) is 28.8 Å². The Balaban J connectivity index is 1.89. The van der Waals surface area contributed by atoms with E-state index in [2.05, 4.69) is 4.98 Å². The number of nitrogens with zero attached hydrogens (tertiary/aromatic N) is 3. The summed E-state index contributed by atoms with van der Waals surface area (Å²) in [6, 6.07) is 11.0. The molecule has 2 aromatic carbocycles. The highest BCUT2D eigenvalue weighted by Crippen LogP contribution is 2.44. The average Bonchev–Trinajstić information content (AvgIpc) is 3.29. The minimum atomic E-state index is -1.00. The number of carbonyl (C=O) groups is 2. The van der Waals surface area contributed by atoms with E-state index in [0.29, 0.717) is 28.6 Å². The maximum absolute atomic E-state index is 13.2. The number of Topliss-reactive ketones (excluding diaryl/α,β-unsaturated/α-hetero) is 1. The molecule has 3 aromatic rings. The molecule has 1 aromatic heterocycles. The standard InChI is InChI=1S/C24H21N3O6S/c1-4-33-18-11-7-16(8-12-18)21(28)19-20(15-5-9-17(10-6-15)27(31)32)26(23(30)22(19)29)24-25-13(2)14(3)34-24/h5-12,20,28H,4H2,1-3H3/b21-19+/t20-/m0/s1. The van der Waals surface area contributed by atoms with Crippen LogP contribution in [0.5, 0.6) is 5.75 Å². The third-order valence-corrected chi connectivity index (χ3v) is 6.60. The van der Waals surface area contributed by atoms with Crippen LogP contribution >= 0.6 is 11.3 Å². The molecule has 0 radical (unpaired) electrons. The van der Waals surface area contributed by atoms with E-state index in [9.17, 15) is 24.8 Å². The van der Waals surface area contributed by atoms with Crippen LogP contribution < -0.4 is 9.64 Å². The number of hydrogen-bond acceptors (Lipinski definition) is 8. The summed E-state index contributed by atoms with van der Waals surface area (Å²) in [6.07, 6.45) is 0. The molecule has 0 saturated carbocycles.